The highest BCUT2D eigenvalue weighted by atomic mass is 32.2. The van der Waals surface area contributed by atoms with Gasteiger partial charge in [0.05, 0.1) is 24.5 Å². The summed E-state index contributed by atoms with van der Waals surface area (Å²) in [4.78, 5) is 48.4. The predicted octanol–water partition coefficient (Wildman–Crippen LogP) is 0.989. The summed E-state index contributed by atoms with van der Waals surface area (Å²) in [6.45, 7) is 1.08. The highest BCUT2D eigenvalue weighted by molar-refractivity contribution is 8.18. The quantitative estimate of drug-likeness (QED) is 0.556. The van der Waals surface area contributed by atoms with Crippen LogP contribution in [-0.2, 0) is 25.7 Å². The SMILES string of the molecule is COC(=O)[C@H](C)N1C(=O)S/C(=C/c2cn(CC(=O)[O-])c3ccccc23)C1=O. The molecule has 1 aliphatic heterocycles. The molecule has 2 heterocycles. The number of carbonyl (C=O) groups is 4. The number of methoxy groups -OCH3 is 1. The predicted molar refractivity (Wildman–Crippen MR) is 96.2 cm³/mol. The minimum Gasteiger partial charge on any atom is -0.548 e. The Kier molecular flexibility index (Phi) is 5.04. The topological polar surface area (TPSA) is 109 Å². The van der Waals surface area contributed by atoms with Gasteiger partial charge in [0.25, 0.3) is 11.1 Å². The highest BCUT2D eigenvalue weighted by Crippen LogP contribution is 2.35. The van der Waals surface area contributed by atoms with Crippen LogP contribution in [0.1, 0.15) is 12.5 Å². The van der Waals surface area contributed by atoms with E-state index in [0.717, 1.165) is 22.0 Å². The smallest absolute Gasteiger partial charge is 0.328 e. The molecule has 0 radical (unpaired) electrons. The van der Waals surface area contributed by atoms with Crippen LogP contribution in [0.15, 0.2) is 35.4 Å². The third kappa shape index (κ3) is 3.45. The number of hydrogen-bond donors (Lipinski definition) is 0. The van der Waals surface area contributed by atoms with Gasteiger partial charge in [0.2, 0.25) is 0 Å². The molecule has 0 unspecified atom stereocenters. The number of para-hydroxylation sites is 1. The Morgan fingerprint density at radius 3 is 2.67 bits per heavy atom. The lowest BCUT2D eigenvalue weighted by Crippen LogP contribution is -2.42. The molecule has 0 bridgehead atoms. The summed E-state index contributed by atoms with van der Waals surface area (Å²) in [6.07, 6.45) is 3.10. The summed E-state index contributed by atoms with van der Waals surface area (Å²) in [6, 6.07) is 6.06. The van der Waals surface area contributed by atoms with Crippen LogP contribution in [0, 0.1) is 0 Å². The maximum absolute atomic E-state index is 12.6. The van der Waals surface area contributed by atoms with Crippen molar-refractivity contribution in [3.63, 3.8) is 0 Å². The van der Waals surface area contributed by atoms with E-state index in [2.05, 4.69) is 4.74 Å². The summed E-state index contributed by atoms with van der Waals surface area (Å²) in [7, 11) is 1.18. The van der Waals surface area contributed by atoms with Gasteiger partial charge >= 0.3 is 5.97 Å². The first-order chi connectivity index (χ1) is 12.8. The molecule has 0 saturated carbocycles. The number of rotatable bonds is 5. The molecule has 2 aromatic rings. The maximum Gasteiger partial charge on any atom is 0.328 e. The molecule has 1 aromatic heterocycles. The normalized spacial score (nSPS) is 17.0. The van der Waals surface area contributed by atoms with Gasteiger partial charge in [-0.1, -0.05) is 18.2 Å². The van der Waals surface area contributed by atoms with E-state index in [4.69, 9.17) is 0 Å². The summed E-state index contributed by atoms with van der Waals surface area (Å²) in [5, 5.41) is 11.1. The van der Waals surface area contributed by atoms with Crippen LogP contribution in [0.5, 0.6) is 0 Å². The summed E-state index contributed by atoms with van der Waals surface area (Å²) in [5.41, 5.74) is 1.25. The zero-order valence-electron chi connectivity index (χ0n) is 14.5. The number of amides is 2. The number of ether oxygens (including phenoxy) is 1. The van der Waals surface area contributed by atoms with E-state index >= 15 is 0 Å². The van der Waals surface area contributed by atoms with Gasteiger partial charge < -0.3 is 19.2 Å². The van der Waals surface area contributed by atoms with Crippen LogP contribution in [0.3, 0.4) is 0 Å². The van der Waals surface area contributed by atoms with Crippen LogP contribution in [0.4, 0.5) is 4.79 Å². The van der Waals surface area contributed by atoms with E-state index < -0.39 is 29.1 Å². The molecule has 3 rings (SSSR count). The van der Waals surface area contributed by atoms with Gasteiger partial charge in [-0.3, -0.25) is 14.5 Å². The lowest BCUT2D eigenvalue weighted by atomic mass is 10.1. The number of hydrogen-bond acceptors (Lipinski definition) is 7. The fourth-order valence-corrected chi connectivity index (χ4v) is 3.79. The highest BCUT2D eigenvalue weighted by Gasteiger charge is 2.41. The second-order valence-corrected chi connectivity index (χ2v) is 6.85. The molecule has 140 valence electrons. The number of esters is 1. The number of benzene rings is 1. The Morgan fingerprint density at radius 2 is 2.00 bits per heavy atom. The number of nitrogens with zero attached hydrogens (tertiary/aromatic N) is 2. The molecule has 1 saturated heterocycles. The van der Waals surface area contributed by atoms with Gasteiger partial charge in [-0.25, -0.2) is 4.79 Å². The molecule has 0 N–H and O–H groups in total. The van der Waals surface area contributed by atoms with Crippen molar-refractivity contribution in [2.45, 2.75) is 19.5 Å². The molecule has 2 amide bonds. The third-order valence-electron chi connectivity index (χ3n) is 4.16. The number of carboxylic acid groups (broad SMARTS) is 1. The van der Waals surface area contributed by atoms with E-state index in [1.54, 1.807) is 30.5 Å². The molecule has 27 heavy (non-hydrogen) atoms. The Bertz CT molecular complexity index is 993. The fourth-order valence-electron chi connectivity index (χ4n) is 2.89. The van der Waals surface area contributed by atoms with Gasteiger partial charge in [-0.15, -0.1) is 0 Å². The number of thioether (sulfide) groups is 1. The number of aromatic nitrogens is 1. The van der Waals surface area contributed by atoms with E-state index in [0.29, 0.717) is 11.1 Å². The summed E-state index contributed by atoms with van der Waals surface area (Å²) < 4.78 is 6.09. The van der Waals surface area contributed by atoms with Crippen molar-refractivity contribution < 1.29 is 29.0 Å². The minimum absolute atomic E-state index is 0.145. The largest absolute Gasteiger partial charge is 0.548 e. The molecule has 1 fully saturated rings. The molecule has 0 aliphatic carbocycles. The van der Waals surface area contributed by atoms with Crippen molar-refractivity contribution in [1.82, 2.24) is 9.47 Å². The van der Waals surface area contributed by atoms with Crippen LogP contribution in [0.2, 0.25) is 0 Å². The van der Waals surface area contributed by atoms with Crippen molar-refractivity contribution in [3.8, 4) is 0 Å². The first-order valence-corrected chi connectivity index (χ1v) is 8.77. The summed E-state index contributed by atoms with van der Waals surface area (Å²) >= 11 is 0.717. The third-order valence-corrected chi connectivity index (χ3v) is 5.04. The van der Waals surface area contributed by atoms with Crippen molar-refractivity contribution in [1.29, 1.82) is 0 Å². The second kappa shape index (κ2) is 7.28. The zero-order chi connectivity index (χ0) is 19.7. The lowest BCUT2D eigenvalue weighted by Gasteiger charge is -2.18. The lowest BCUT2D eigenvalue weighted by molar-refractivity contribution is -0.306. The molecule has 1 aliphatic rings. The van der Waals surface area contributed by atoms with Gasteiger partial charge in [-0.2, -0.15) is 0 Å². The minimum atomic E-state index is -1.24. The second-order valence-electron chi connectivity index (χ2n) is 5.85. The average molecular weight is 387 g/mol. The number of carbonyl (C=O) groups excluding carboxylic acids is 4. The summed E-state index contributed by atoms with van der Waals surface area (Å²) in [5.74, 6) is -2.53. The number of aliphatic carboxylic acids is 1. The first kappa shape index (κ1) is 18.7. The van der Waals surface area contributed by atoms with Crippen LogP contribution in [0.25, 0.3) is 17.0 Å². The maximum atomic E-state index is 12.6. The number of carboxylic acids is 1. The van der Waals surface area contributed by atoms with Crippen molar-refractivity contribution in [2.75, 3.05) is 7.11 Å². The van der Waals surface area contributed by atoms with Gasteiger partial charge in [0.15, 0.2) is 0 Å². The Balaban J connectivity index is 2.00. The van der Waals surface area contributed by atoms with E-state index in [9.17, 15) is 24.3 Å². The molecule has 9 heteroatoms. The monoisotopic (exact) mass is 387 g/mol. The van der Waals surface area contributed by atoms with E-state index in [-0.39, 0.29) is 11.4 Å². The van der Waals surface area contributed by atoms with Crippen LogP contribution in [-0.4, -0.2) is 45.7 Å². The van der Waals surface area contributed by atoms with E-state index in [1.165, 1.54) is 24.7 Å². The molecule has 1 aromatic carbocycles. The average Bonchev–Trinajstić information content (AvgIpc) is 3.11. The van der Waals surface area contributed by atoms with Crippen molar-refractivity contribution >= 4 is 51.8 Å². The molecular weight excluding hydrogens is 372 g/mol. The molecular formula is C18H15N2O6S-. The van der Waals surface area contributed by atoms with Crippen LogP contribution < -0.4 is 5.11 Å². The van der Waals surface area contributed by atoms with Crippen LogP contribution >= 0.6 is 11.8 Å². The van der Waals surface area contributed by atoms with Crippen molar-refractivity contribution in [3.05, 3.63) is 40.9 Å². The van der Waals surface area contributed by atoms with Gasteiger partial charge in [0.1, 0.15) is 6.04 Å². The fraction of sp³-hybridized carbons (Fsp3) is 0.222. The Labute approximate surface area is 158 Å². The zero-order valence-corrected chi connectivity index (χ0v) is 15.3. The number of fused-ring (bicyclic) bond motifs is 1. The Hall–Kier alpha value is -3.07. The van der Waals surface area contributed by atoms with Gasteiger partial charge in [0, 0.05) is 22.7 Å². The van der Waals surface area contributed by atoms with Crippen molar-refractivity contribution in [2.24, 2.45) is 0 Å². The molecule has 1 atom stereocenters. The van der Waals surface area contributed by atoms with E-state index in [1.807, 2.05) is 0 Å². The first-order valence-electron chi connectivity index (χ1n) is 7.96. The van der Waals surface area contributed by atoms with Gasteiger partial charge in [-0.05, 0) is 30.8 Å². The standard InChI is InChI=1S/C18H16N2O6S/c1-10(17(24)26-2)20-16(23)14(27-18(20)25)7-11-8-19(9-15(21)22)13-6-4-3-5-12(11)13/h3-8,10H,9H2,1-2H3,(H,21,22)/p-1/b14-7+/t10-/m0/s1. The molecule has 8 nitrogen and oxygen atoms in total. The Morgan fingerprint density at radius 1 is 1.30 bits per heavy atom. The number of imide groups is 1. The molecule has 0 spiro atoms.